The van der Waals surface area contributed by atoms with E-state index in [4.69, 9.17) is 0 Å². The lowest BCUT2D eigenvalue weighted by Gasteiger charge is -2.28. The highest BCUT2D eigenvalue weighted by atomic mass is 32.2. The molecule has 0 bridgehead atoms. The summed E-state index contributed by atoms with van der Waals surface area (Å²) in [5, 5.41) is 0. The molecule has 4 heteroatoms. The Morgan fingerprint density at radius 3 is 2.00 bits per heavy atom. The van der Waals surface area contributed by atoms with Gasteiger partial charge in [-0.1, -0.05) is 20.8 Å². The second-order valence-electron chi connectivity index (χ2n) is 3.44. The highest BCUT2D eigenvalue weighted by Crippen LogP contribution is 2.18. The number of rotatable bonds is 2. The third-order valence-corrected chi connectivity index (χ3v) is 2.12. The first kappa shape index (κ1) is 10.1. The molecule has 0 fully saturated rings. The van der Waals surface area contributed by atoms with E-state index in [1.807, 2.05) is 27.7 Å². The Kier molecular flexibility index (Phi) is 3.48. The van der Waals surface area contributed by atoms with Gasteiger partial charge in [0.15, 0.2) is 0 Å². The minimum Gasteiger partial charge on any atom is -0.760 e. The second kappa shape index (κ2) is 3.46. The summed E-state index contributed by atoms with van der Waals surface area (Å²) in [4.78, 5) is 0. The number of nitrogens with one attached hydrogen (secondary N) is 1. The molecule has 0 spiro atoms. The van der Waals surface area contributed by atoms with Gasteiger partial charge in [0.2, 0.25) is 0 Å². The fraction of sp³-hybridized carbons (Fsp3) is 1.00. The predicted octanol–water partition coefficient (Wildman–Crippen LogP) is 0.805. The maximum absolute atomic E-state index is 10.1. The Bertz CT molecular complexity index is 130. The molecule has 2 atom stereocenters. The fourth-order valence-electron chi connectivity index (χ4n) is 0.321. The summed E-state index contributed by atoms with van der Waals surface area (Å²) in [5.74, 6) is 0. The third kappa shape index (κ3) is 3.98. The molecule has 0 aromatic heterocycles. The maximum Gasteiger partial charge on any atom is 0.0204 e. The maximum atomic E-state index is 10.1. The van der Waals surface area contributed by atoms with Crippen LogP contribution >= 0.6 is 0 Å². The summed E-state index contributed by atoms with van der Waals surface area (Å²) in [6, 6.07) is -0.0224. The predicted molar refractivity (Wildman–Crippen MR) is 41.0 cm³/mol. The van der Waals surface area contributed by atoms with Crippen molar-refractivity contribution in [2.24, 2.45) is 5.41 Å². The van der Waals surface area contributed by atoms with Crippen molar-refractivity contribution in [1.29, 1.82) is 0 Å². The van der Waals surface area contributed by atoms with Crippen molar-refractivity contribution in [3.8, 4) is 0 Å². The van der Waals surface area contributed by atoms with Crippen LogP contribution in [0.4, 0.5) is 0 Å². The van der Waals surface area contributed by atoms with Gasteiger partial charge in [-0.2, -0.15) is 0 Å². The SMILES string of the molecule is CC(NS(=O)[O-])C(C)(C)C. The van der Waals surface area contributed by atoms with E-state index in [-0.39, 0.29) is 11.5 Å². The van der Waals surface area contributed by atoms with Crippen molar-refractivity contribution in [2.75, 3.05) is 0 Å². The van der Waals surface area contributed by atoms with Crippen LogP contribution in [-0.4, -0.2) is 14.8 Å². The average molecular weight is 164 g/mol. The Morgan fingerprint density at radius 1 is 1.50 bits per heavy atom. The van der Waals surface area contributed by atoms with Crippen LogP contribution in [0.1, 0.15) is 27.7 Å². The molecule has 0 saturated carbocycles. The molecular formula is C6H14NO2S-. The van der Waals surface area contributed by atoms with Crippen molar-refractivity contribution >= 4 is 11.3 Å². The summed E-state index contributed by atoms with van der Waals surface area (Å²) < 4.78 is 22.7. The summed E-state index contributed by atoms with van der Waals surface area (Å²) in [7, 11) is 0. The molecule has 0 amide bonds. The first-order valence-corrected chi connectivity index (χ1v) is 4.27. The van der Waals surface area contributed by atoms with Crippen LogP contribution in [0.3, 0.4) is 0 Å². The van der Waals surface area contributed by atoms with Crippen LogP contribution in [0.5, 0.6) is 0 Å². The Balaban J connectivity index is 3.85. The molecule has 0 aliphatic carbocycles. The lowest BCUT2D eigenvalue weighted by molar-refractivity contribution is 0.315. The molecule has 0 rings (SSSR count). The van der Waals surface area contributed by atoms with Crippen LogP contribution in [0, 0.1) is 5.41 Å². The molecule has 0 radical (unpaired) electrons. The zero-order valence-electron chi connectivity index (χ0n) is 6.80. The summed E-state index contributed by atoms with van der Waals surface area (Å²) >= 11 is -2.14. The fourth-order valence-corrected chi connectivity index (χ4v) is 0.963. The van der Waals surface area contributed by atoms with E-state index in [0.717, 1.165) is 0 Å². The first-order chi connectivity index (χ1) is 4.34. The molecule has 0 saturated heterocycles. The molecule has 3 nitrogen and oxygen atoms in total. The van der Waals surface area contributed by atoms with Crippen LogP contribution in [0.15, 0.2) is 0 Å². The zero-order valence-corrected chi connectivity index (χ0v) is 7.62. The van der Waals surface area contributed by atoms with Gasteiger partial charge >= 0.3 is 0 Å². The molecule has 1 N–H and O–H groups in total. The molecule has 0 aliphatic heterocycles. The van der Waals surface area contributed by atoms with E-state index in [9.17, 15) is 8.76 Å². The Morgan fingerprint density at radius 2 is 1.90 bits per heavy atom. The van der Waals surface area contributed by atoms with Gasteiger partial charge in [-0.15, -0.1) is 0 Å². The van der Waals surface area contributed by atoms with Crippen molar-refractivity contribution in [3.05, 3.63) is 0 Å². The van der Waals surface area contributed by atoms with Gasteiger partial charge in [0, 0.05) is 17.3 Å². The highest BCUT2D eigenvalue weighted by Gasteiger charge is 2.18. The molecular weight excluding hydrogens is 150 g/mol. The van der Waals surface area contributed by atoms with Crippen molar-refractivity contribution in [1.82, 2.24) is 4.72 Å². The molecule has 0 aromatic rings. The van der Waals surface area contributed by atoms with E-state index in [1.165, 1.54) is 0 Å². The monoisotopic (exact) mass is 164 g/mol. The molecule has 62 valence electrons. The minimum absolute atomic E-state index is 0.0138. The second-order valence-corrected chi connectivity index (χ2v) is 4.15. The first-order valence-electron chi connectivity index (χ1n) is 3.19. The quantitative estimate of drug-likeness (QED) is 0.614. The van der Waals surface area contributed by atoms with Gasteiger partial charge in [-0.05, 0) is 12.3 Å². The van der Waals surface area contributed by atoms with Crippen molar-refractivity contribution < 1.29 is 8.76 Å². The Labute approximate surface area is 64.6 Å². The van der Waals surface area contributed by atoms with Gasteiger partial charge in [0.05, 0.1) is 0 Å². The smallest absolute Gasteiger partial charge is 0.0204 e. The summed E-state index contributed by atoms with van der Waals surface area (Å²) in [5.41, 5.74) is -0.0138. The molecule has 0 aliphatic rings. The summed E-state index contributed by atoms with van der Waals surface area (Å²) in [6.07, 6.45) is 0. The van der Waals surface area contributed by atoms with Crippen LogP contribution in [0.2, 0.25) is 0 Å². The van der Waals surface area contributed by atoms with Gasteiger partial charge in [0.25, 0.3) is 0 Å². The zero-order chi connectivity index (χ0) is 8.36. The standard InChI is InChI=1S/C6H15NO2S/c1-5(6(2,3)4)7-10(8)9/h5,7H,1-4H3,(H,8,9)/p-1. The van der Waals surface area contributed by atoms with E-state index >= 15 is 0 Å². The van der Waals surface area contributed by atoms with Crippen molar-refractivity contribution in [3.63, 3.8) is 0 Å². The van der Waals surface area contributed by atoms with Crippen LogP contribution in [-0.2, 0) is 11.3 Å². The van der Waals surface area contributed by atoms with Crippen LogP contribution in [0.25, 0.3) is 0 Å². The third-order valence-electron chi connectivity index (χ3n) is 1.57. The van der Waals surface area contributed by atoms with Crippen LogP contribution < -0.4 is 4.72 Å². The molecule has 10 heavy (non-hydrogen) atoms. The molecule has 0 aromatic carbocycles. The lowest BCUT2D eigenvalue weighted by atomic mass is 9.89. The Hall–Kier alpha value is 0.0700. The van der Waals surface area contributed by atoms with Gasteiger partial charge in [-0.3, -0.25) is 4.21 Å². The number of hydrogen-bond donors (Lipinski definition) is 1. The molecule has 2 unspecified atom stereocenters. The van der Waals surface area contributed by atoms with E-state index < -0.39 is 11.3 Å². The lowest BCUT2D eigenvalue weighted by Crippen LogP contribution is -2.38. The summed E-state index contributed by atoms with van der Waals surface area (Å²) in [6.45, 7) is 7.79. The van der Waals surface area contributed by atoms with E-state index in [2.05, 4.69) is 4.72 Å². The number of hydrogen-bond acceptors (Lipinski definition) is 2. The van der Waals surface area contributed by atoms with E-state index in [0.29, 0.717) is 0 Å². The largest absolute Gasteiger partial charge is 0.760 e. The van der Waals surface area contributed by atoms with E-state index in [1.54, 1.807) is 0 Å². The average Bonchev–Trinajstić information content (AvgIpc) is 1.60. The van der Waals surface area contributed by atoms with Gasteiger partial charge in [0.1, 0.15) is 0 Å². The van der Waals surface area contributed by atoms with Crippen molar-refractivity contribution in [2.45, 2.75) is 33.7 Å². The normalized spacial score (nSPS) is 18.5. The van der Waals surface area contributed by atoms with Gasteiger partial charge in [-0.25, -0.2) is 4.72 Å². The van der Waals surface area contributed by atoms with Gasteiger partial charge < -0.3 is 4.55 Å². The minimum atomic E-state index is -2.14. The highest BCUT2D eigenvalue weighted by molar-refractivity contribution is 7.77. The molecule has 0 heterocycles. The topological polar surface area (TPSA) is 52.2 Å².